The lowest BCUT2D eigenvalue weighted by molar-refractivity contribution is 0.660. The minimum absolute atomic E-state index is 0.0847. The van der Waals surface area contributed by atoms with Crippen molar-refractivity contribution in [1.82, 2.24) is 9.55 Å². The molecule has 0 saturated heterocycles. The van der Waals surface area contributed by atoms with E-state index in [0.717, 1.165) is 55.9 Å². The smallest absolute Gasteiger partial charge is 0.146 e. The molecular formula is C60H43N3. The fourth-order valence-corrected chi connectivity index (χ4v) is 10.2. The molecule has 1 aliphatic rings. The average molecular weight is 806 g/mol. The van der Waals surface area contributed by atoms with Crippen LogP contribution in [0.5, 0.6) is 0 Å². The van der Waals surface area contributed by atoms with Gasteiger partial charge in [-0.15, -0.1) is 0 Å². The van der Waals surface area contributed by atoms with Gasteiger partial charge in [0.25, 0.3) is 0 Å². The minimum Gasteiger partial charge on any atom is -0.309 e. The molecule has 63 heavy (non-hydrogen) atoms. The van der Waals surface area contributed by atoms with Crippen molar-refractivity contribution in [3.63, 3.8) is 0 Å². The molecule has 0 spiro atoms. The summed E-state index contributed by atoms with van der Waals surface area (Å²) in [6, 6.07) is 81.5. The molecule has 0 bridgehead atoms. The number of hydrogen-bond acceptors (Lipinski definition) is 2. The number of hydrogen-bond donors (Lipinski definition) is 0. The number of para-hydroxylation sites is 3. The number of aromatic nitrogens is 2. The van der Waals surface area contributed by atoms with Gasteiger partial charge in [0.15, 0.2) is 0 Å². The Bertz CT molecular complexity index is 3530. The van der Waals surface area contributed by atoms with Crippen LogP contribution in [0.15, 0.2) is 224 Å². The zero-order valence-corrected chi connectivity index (χ0v) is 35.2. The van der Waals surface area contributed by atoms with Crippen molar-refractivity contribution in [2.45, 2.75) is 19.3 Å². The van der Waals surface area contributed by atoms with Gasteiger partial charge in [-0.2, -0.15) is 0 Å². The van der Waals surface area contributed by atoms with Crippen molar-refractivity contribution in [2.75, 3.05) is 4.90 Å². The highest BCUT2D eigenvalue weighted by Crippen LogP contribution is 2.51. The molecule has 12 rings (SSSR count). The van der Waals surface area contributed by atoms with Gasteiger partial charge in [0.1, 0.15) is 5.82 Å². The van der Waals surface area contributed by atoms with Crippen LogP contribution in [0.2, 0.25) is 0 Å². The Morgan fingerprint density at radius 3 is 1.65 bits per heavy atom. The highest BCUT2D eigenvalue weighted by molar-refractivity contribution is 6.11. The van der Waals surface area contributed by atoms with E-state index in [2.05, 4.69) is 248 Å². The van der Waals surface area contributed by atoms with Gasteiger partial charge in [0, 0.05) is 33.1 Å². The Kier molecular flexibility index (Phi) is 8.52. The summed E-state index contributed by atoms with van der Waals surface area (Å²) in [7, 11) is 0. The van der Waals surface area contributed by atoms with Crippen molar-refractivity contribution in [2.24, 2.45) is 0 Å². The van der Waals surface area contributed by atoms with Gasteiger partial charge in [0.05, 0.1) is 22.4 Å². The molecular weight excluding hydrogens is 763 g/mol. The van der Waals surface area contributed by atoms with Crippen LogP contribution in [0.3, 0.4) is 0 Å². The molecule has 0 radical (unpaired) electrons. The Hall–Kier alpha value is -8.01. The number of nitrogens with zero attached hydrogens (tertiary/aromatic N) is 3. The predicted molar refractivity (Wildman–Crippen MR) is 265 cm³/mol. The maximum atomic E-state index is 5.31. The monoisotopic (exact) mass is 805 g/mol. The fraction of sp³-hybridized carbons (Fsp3) is 0.0500. The van der Waals surface area contributed by atoms with Crippen LogP contribution in [0.1, 0.15) is 25.0 Å². The van der Waals surface area contributed by atoms with E-state index in [1.165, 1.54) is 55.3 Å². The second-order valence-corrected chi connectivity index (χ2v) is 17.1. The molecule has 1 aromatic heterocycles. The van der Waals surface area contributed by atoms with E-state index in [-0.39, 0.29) is 5.41 Å². The SMILES string of the molecule is CC1(C)c2ccccc2-c2ccc(-c3ccc(N(c4ccc(-c5ccccc5)cc4)c4ccc(-c5nc6ccccc6n5-c5ccccc5)c5ccccc45)c4ccccc34)cc21. The molecule has 1 aliphatic carbocycles. The van der Waals surface area contributed by atoms with Gasteiger partial charge in [-0.1, -0.05) is 178 Å². The molecule has 1 heterocycles. The van der Waals surface area contributed by atoms with Crippen molar-refractivity contribution in [1.29, 1.82) is 0 Å². The topological polar surface area (TPSA) is 21.1 Å². The lowest BCUT2D eigenvalue weighted by atomic mass is 9.81. The third kappa shape index (κ3) is 5.92. The highest BCUT2D eigenvalue weighted by atomic mass is 15.1. The fourth-order valence-electron chi connectivity index (χ4n) is 10.2. The summed E-state index contributed by atoms with van der Waals surface area (Å²) >= 11 is 0. The first kappa shape index (κ1) is 36.8. The lowest BCUT2D eigenvalue weighted by Crippen LogP contribution is -2.14. The zero-order valence-electron chi connectivity index (χ0n) is 35.2. The summed E-state index contributed by atoms with van der Waals surface area (Å²) in [5.74, 6) is 0.916. The van der Waals surface area contributed by atoms with Gasteiger partial charge in [-0.3, -0.25) is 4.57 Å². The van der Waals surface area contributed by atoms with E-state index in [4.69, 9.17) is 4.98 Å². The summed E-state index contributed by atoms with van der Waals surface area (Å²) in [5.41, 5.74) is 17.7. The number of fused-ring (bicyclic) bond motifs is 6. The van der Waals surface area contributed by atoms with E-state index in [1.54, 1.807) is 0 Å². The lowest BCUT2D eigenvalue weighted by Gasteiger charge is -2.29. The summed E-state index contributed by atoms with van der Waals surface area (Å²) in [6.07, 6.45) is 0. The first-order valence-corrected chi connectivity index (χ1v) is 21.8. The van der Waals surface area contributed by atoms with Crippen molar-refractivity contribution < 1.29 is 0 Å². The molecule has 3 heteroatoms. The second-order valence-electron chi connectivity index (χ2n) is 17.1. The standard InChI is InChI=1S/C60H43N3/c1-60(2)53-26-14-13-23-48(53)49-34-31-42(39-54(49)60)45-35-37-56(50-24-11-9-21-46(45)50)62(44-32-29-41(30-33-44)40-17-5-3-6-18-40)57-38-36-52(47-22-10-12-25-51(47)57)59-61-55-27-15-16-28-58(55)63(59)43-19-7-4-8-20-43/h3-39H,1-2H3. The van der Waals surface area contributed by atoms with E-state index >= 15 is 0 Å². The zero-order chi connectivity index (χ0) is 42.1. The van der Waals surface area contributed by atoms with E-state index in [0.29, 0.717) is 0 Å². The van der Waals surface area contributed by atoms with Crippen LogP contribution in [-0.2, 0) is 5.41 Å². The predicted octanol–water partition coefficient (Wildman–Crippen LogP) is 16.1. The molecule has 11 aromatic rings. The van der Waals surface area contributed by atoms with Crippen LogP contribution in [0, 0.1) is 0 Å². The maximum absolute atomic E-state index is 5.31. The van der Waals surface area contributed by atoms with Crippen molar-refractivity contribution in [3.05, 3.63) is 236 Å². The summed E-state index contributed by atoms with van der Waals surface area (Å²) < 4.78 is 2.29. The van der Waals surface area contributed by atoms with Gasteiger partial charge in [-0.25, -0.2) is 4.98 Å². The molecule has 10 aromatic carbocycles. The van der Waals surface area contributed by atoms with Gasteiger partial charge in [0.2, 0.25) is 0 Å². The molecule has 0 amide bonds. The third-order valence-corrected chi connectivity index (χ3v) is 13.2. The summed E-state index contributed by atoms with van der Waals surface area (Å²) in [6.45, 7) is 4.72. The van der Waals surface area contributed by atoms with Crippen molar-refractivity contribution in [3.8, 4) is 50.5 Å². The number of anilines is 3. The Morgan fingerprint density at radius 2 is 0.921 bits per heavy atom. The normalized spacial score (nSPS) is 12.7. The van der Waals surface area contributed by atoms with E-state index in [1.807, 2.05) is 0 Å². The first-order chi connectivity index (χ1) is 31.0. The average Bonchev–Trinajstić information content (AvgIpc) is 3.84. The maximum Gasteiger partial charge on any atom is 0.146 e. The molecule has 0 atom stereocenters. The Balaban J connectivity index is 1.06. The van der Waals surface area contributed by atoms with Gasteiger partial charge >= 0.3 is 0 Å². The van der Waals surface area contributed by atoms with Crippen molar-refractivity contribution >= 4 is 49.6 Å². The largest absolute Gasteiger partial charge is 0.309 e. The summed E-state index contributed by atoms with van der Waals surface area (Å²) in [5, 5.41) is 4.68. The van der Waals surface area contributed by atoms with Crippen LogP contribution >= 0.6 is 0 Å². The number of benzene rings is 10. The Labute approximate surface area is 367 Å². The number of imidazole rings is 1. The quantitative estimate of drug-likeness (QED) is 0.160. The second kappa shape index (κ2) is 14.6. The third-order valence-electron chi connectivity index (χ3n) is 13.2. The number of rotatable bonds is 7. The molecule has 0 aliphatic heterocycles. The van der Waals surface area contributed by atoms with E-state index in [9.17, 15) is 0 Å². The van der Waals surface area contributed by atoms with Crippen LogP contribution in [0.25, 0.3) is 83.0 Å². The van der Waals surface area contributed by atoms with Crippen LogP contribution in [0.4, 0.5) is 17.1 Å². The molecule has 0 fully saturated rings. The van der Waals surface area contributed by atoms with Crippen LogP contribution in [-0.4, -0.2) is 9.55 Å². The minimum atomic E-state index is -0.0847. The molecule has 0 N–H and O–H groups in total. The molecule has 298 valence electrons. The van der Waals surface area contributed by atoms with Crippen LogP contribution < -0.4 is 4.90 Å². The molecule has 3 nitrogen and oxygen atoms in total. The van der Waals surface area contributed by atoms with E-state index < -0.39 is 0 Å². The van der Waals surface area contributed by atoms with Gasteiger partial charge < -0.3 is 4.90 Å². The molecule has 0 unspecified atom stereocenters. The highest BCUT2D eigenvalue weighted by Gasteiger charge is 2.35. The van der Waals surface area contributed by atoms with Gasteiger partial charge in [-0.05, 0) is 116 Å². The Morgan fingerprint density at radius 1 is 0.397 bits per heavy atom. The molecule has 0 saturated carbocycles. The first-order valence-electron chi connectivity index (χ1n) is 21.8. The summed E-state index contributed by atoms with van der Waals surface area (Å²) in [4.78, 5) is 7.76.